The number of rotatable bonds is 5. The summed E-state index contributed by atoms with van der Waals surface area (Å²) in [5.41, 5.74) is 2.07. The van der Waals surface area contributed by atoms with Gasteiger partial charge in [0.05, 0.1) is 13.2 Å². The summed E-state index contributed by atoms with van der Waals surface area (Å²) in [7, 11) is 1.66. The Balaban J connectivity index is 2.04. The highest BCUT2D eigenvalue weighted by Crippen LogP contribution is 2.31. The summed E-state index contributed by atoms with van der Waals surface area (Å²) < 4.78 is 5.37. The van der Waals surface area contributed by atoms with Gasteiger partial charge in [0.25, 0.3) is 0 Å². The zero-order valence-corrected chi connectivity index (χ0v) is 12.9. The number of piperidine rings is 1. The van der Waals surface area contributed by atoms with Crippen LogP contribution in [0.5, 0.6) is 5.75 Å². The molecule has 1 aliphatic heterocycles. The molecule has 3 atom stereocenters. The van der Waals surface area contributed by atoms with E-state index in [0.717, 1.165) is 35.8 Å². The van der Waals surface area contributed by atoms with E-state index in [4.69, 9.17) is 4.74 Å². The van der Waals surface area contributed by atoms with Crippen LogP contribution in [-0.2, 0) is 0 Å². The summed E-state index contributed by atoms with van der Waals surface area (Å²) >= 11 is 0. The lowest BCUT2D eigenvalue weighted by atomic mass is 9.87. The van der Waals surface area contributed by atoms with Crippen molar-refractivity contribution in [2.45, 2.75) is 51.7 Å². The van der Waals surface area contributed by atoms with Gasteiger partial charge in [0, 0.05) is 11.6 Å². The topological polar surface area (TPSA) is 41.5 Å². The smallest absolute Gasteiger partial charge is 0.124 e. The van der Waals surface area contributed by atoms with Crippen LogP contribution in [0, 0.1) is 12.8 Å². The zero-order chi connectivity index (χ0) is 14.5. The Labute approximate surface area is 122 Å². The number of benzene rings is 1. The monoisotopic (exact) mass is 277 g/mol. The molecule has 1 aromatic rings. The summed E-state index contributed by atoms with van der Waals surface area (Å²) in [6.07, 6.45) is 3.97. The third-order valence-corrected chi connectivity index (χ3v) is 4.43. The SMILES string of the molecule is CCC1CCNC(CC(O)c2cc(C)ccc2OC)C1. The quantitative estimate of drug-likeness (QED) is 0.868. The molecule has 3 nitrogen and oxygen atoms in total. The standard InChI is InChI=1S/C17H27NO2/c1-4-13-7-8-18-14(10-13)11-16(19)15-9-12(2)5-6-17(15)20-3/h5-6,9,13-14,16,18-19H,4,7-8,10-11H2,1-3H3. The van der Waals surface area contributed by atoms with Crippen LogP contribution >= 0.6 is 0 Å². The van der Waals surface area contributed by atoms with Crippen LogP contribution in [0.1, 0.15) is 49.8 Å². The van der Waals surface area contributed by atoms with Crippen LogP contribution in [-0.4, -0.2) is 24.8 Å². The van der Waals surface area contributed by atoms with Gasteiger partial charge in [-0.2, -0.15) is 0 Å². The highest BCUT2D eigenvalue weighted by Gasteiger charge is 2.24. The molecule has 1 heterocycles. The van der Waals surface area contributed by atoms with Gasteiger partial charge < -0.3 is 15.2 Å². The van der Waals surface area contributed by atoms with Crippen molar-refractivity contribution in [1.29, 1.82) is 0 Å². The average molecular weight is 277 g/mol. The van der Waals surface area contributed by atoms with Crippen molar-refractivity contribution >= 4 is 0 Å². The lowest BCUT2D eigenvalue weighted by Gasteiger charge is -2.31. The second kappa shape index (κ2) is 7.09. The minimum Gasteiger partial charge on any atom is -0.496 e. The van der Waals surface area contributed by atoms with E-state index in [9.17, 15) is 5.11 Å². The Morgan fingerprint density at radius 3 is 2.95 bits per heavy atom. The van der Waals surface area contributed by atoms with E-state index in [1.54, 1.807) is 7.11 Å². The molecule has 2 N–H and O–H groups in total. The first kappa shape index (κ1) is 15.3. The molecule has 0 saturated carbocycles. The number of aliphatic hydroxyl groups excluding tert-OH is 1. The molecule has 112 valence electrons. The fourth-order valence-corrected chi connectivity index (χ4v) is 3.16. The second-order valence-corrected chi connectivity index (χ2v) is 5.95. The molecule has 1 aliphatic rings. The number of aryl methyl sites for hydroxylation is 1. The van der Waals surface area contributed by atoms with Gasteiger partial charge in [0.1, 0.15) is 5.75 Å². The zero-order valence-electron chi connectivity index (χ0n) is 12.9. The van der Waals surface area contributed by atoms with Crippen molar-refractivity contribution in [2.75, 3.05) is 13.7 Å². The molecule has 0 spiro atoms. The van der Waals surface area contributed by atoms with Crippen molar-refractivity contribution in [2.24, 2.45) is 5.92 Å². The summed E-state index contributed by atoms with van der Waals surface area (Å²) in [6, 6.07) is 6.40. The molecule has 0 aromatic heterocycles. The maximum atomic E-state index is 10.5. The minimum atomic E-state index is -0.460. The summed E-state index contributed by atoms with van der Waals surface area (Å²) in [5.74, 6) is 1.58. The van der Waals surface area contributed by atoms with Crippen molar-refractivity contribution in [1.82, 2.24) is 5.32 Å². The molecule has 0 aliphatic carbocycles. The Kier molecular flexibility index (Phi) is 5.44. The van der Waals surface area contributed by atoms with E-state index in [2.05, 4.69) is 12.2 Å². The van der Waals surface area contributed by atoms with E-state index in [0.29, 0.717) is 6.04 Å². The molecule has 0 bridgehead atoms. The van der Waals surface area contributed by atoms with Crippen molar-refractivity contribution in [3.63, 3.8) is 0 Å². The van der Waals surface area contributed by atoms with E-state index in [1.165, 1.54) is 19.3 Å². The van der Waals surface area contributed by atoms with Crippen LogP contribution < -0.4 is 10.1 Å². The molecular weight excluding hydrogens is 250 g/mol. The van der Waals surface area contributed by atoms with Crippen LogP contribution in [0.3, 0.4) is 0 Å². The van der Waals surface area contributed by atoms with E-state index < -0.39 is 6.10 Å². The molecule has 20 heavy (non-hydrogen) atoms. The van der Waals surface area contributed by atoms with E-state index in [1.807, 2.05) is 25.1 Å². The second-order valence-electron chi connectivity index (χ2n) is 5.95. The lowest BCUT2D eigenvalue weighted by Crippen LogP contribution is -2.38. The maximum absolute atomic E-state index is 10.5. The van der Waals surface area contributed by atoms with Gasteiger partial charge in [-0.25, -0.2) is 0 Å². The minimum absolute atomic E-state index is 0.411. The Bertz CT molecular complexity index is 433. The third-order valence-electron chi connectivity index (χ3n) is 4.43. The molecular formula is C17H27NO2. The van der Waals surface area contributed by atoms with Gasteiger partial charge in [-0.1, -0.05) is 25.0 Å². The van der Waals surface area contributed by atoms with E-state index in [-0.39, 0.29) is 0 Å². The summed E-state index contributed by atoms with van der Waals surface area (Å²) in [6.45, 7) is 5.37. The number of nitrogens with one attached hydrogen (secondary N) is 1. The predicted molar refractivity (Wildman–Crippen MR) is 82.1 cm³/mol. The normalized spacial score (nSPS) is 24.4. The van der Waals surface area contributed by atoms with Gasteiger partial charge in [-0.05, 0) is 50.8 Å². The predicted octanol–water partition coefficient (Wildman–Crippen LogP) is 3.21. The number of aliphatic hydroxyl groups is 1. The maximum Gasteiger partial charge on any atom is 0.124 e. The van der Waals surface area contributed by atoms with Gasteiger partial charge in [-0.15, -0.1) is 0 Å². The largest absolute Gasteiger partial charge is 0.496 e. The van der Waals surface area contributed by atoms with Crippen LogP contribution in [0.25, 0.3) is 0 Å². The summed E-state index contributed by atoms with van der Waals surface area (Å²) in [4.78, 5) is 0. The fourth-order valence-electron chi connectivity index (χ4n) is 3.16. The first-order valence-electron chi connectivity index (χ1n) is 7.70. The summed E-state index contributed by atoms with van der Waals surface area (Å²) in [5, 5.41) is 14.1. The highest BCUT2D eigenvalue weighted by molar-refractivity contribution is 5.38. The molecule has 3 heteroatoms. The first-order chi connectivity index (χ1) is 9.63. The molecule has 0 amide bonds. The molecule has 0 radical (unpaired) electrons. The Morgan fingerprint density at radius 2 is 2.25 bits per heavy atom. The number of methoxy groups -OCH3 is 1. The van der Waals surface area contributed by atoms with Crippen molar-refractivity contribution in [3.8, 4) is 5.75 Å². The highest BCUT2D eigenvalue weighted by atomic mass is 16.5. The van der Waals surface area contributed by atoms with Gasteiger partial charge >= 0.3 is 0 Å². The Morgan fingerprint density at radius 1 is 1.45 bits per heavy atom. The average Bonchev–Trinajstić information content (AvgIpc) is 2.47. The number of ether oxygens (including phenoxy) is 1. The first-order valence-corrected chi connectivity index (χ1v) is 7.70. The van der Waals surface area contributed by atoms with Crippen LogP contribution in [0.2, 0.25) is 0 Å². The van der Waals surface area contributed by atoms with E-state index >= 15 is 0 Å². The lowest BCUT2D eigenvalue weighted by molar-refractivity contribution is 0.133. The van der Waals surface area contributed by atoms with Crippen molar-refractivity contribution < 1.29 is 9.84 Å². The van der Waals surface area contributed by atoms with Crippen LogP contribution in [0.15, 0.2) is 18.2 Å². The molecule has 2 rings (SSSR count). The van der Waals surface area contributed by atoms with Crippen LogP contribution in [0.4, 0.5) is 0 Å². The van der Waals surface area contributed by atoms with Gasteiger partial charge in [-0.3, -0.25) is 0 Å². The fraction of sp³-hybridized carbons (Fsp3) is 0.647. The molecule has 1 aromatic carbocycles. The van der Waals surface area contributed by atoms with Crippen molar-refractivity contribution in [3.05, 3.63) is 29.3 Å². The number of hydrogen-bond acceptors (Lipinski definition) is 3. The van der Waals surface area contributed by atoms with Gasteiger partial charge in [0.2, 0.25) is 0 Å². The van der Waals surface area contributed by atoms with Gasteiger partial charge in [0.15, 0.2) is 0 Å². The Hall–Kier alpha value is -1.06. The number of hydrogen-bond donors (Lipinski definition) is 2. The third kappa shape index (κ3) is 3.74. The molecule has 1 saturated heterocycles. The molecule has 1 fully saturated rings. The molecule has 3 unspecified atom stereocenters.